The van der Waals surface area contributed by atoms with Crippen molar-refractivity contribution >= 4 is 23.5 Å². The molecule has 1 amide bonds. The highest BCUT2D eigenvalue weighted by atomic mass is 16.3. The maximum Gasteiger partial charge on any atom is 0.255 e. The van der Waals surface area contributed by atoms with Crippen molar-refractivity contribution in [3.05, 3.63) is 53.7 Å². The van der Waals surface area contributed by atoms with Gasteiger partial charge in [0.15, 0.2) is 0 Å². The number of carbonyl (C=O) groups is 1. The summed E-state index contributed by atoms with van der Waals surface area (Å²) >= 11 is 0. The minimum Gasteiger partial charge on any atom is -0.507 e. The van der Waals surface area contributed by atoms with E-state index in [2.05, 4.69) is 15.5 Å². The normalized spacial score (nSPS) is 16.7. The molecule has 1 saturated heterocycles. The first-order chi connectivity index (χ1) is 17.2. The Bertz CT molecular complexity index is 1100. The minimum absolute atomic E-state index is 0.121. The molecule has 0 unspecified atom stereocenters. The van der Waals surface area contributed by atoms with Gasteiger partial charge >= 0.3 is 0 Å². The number of hydrogen-bond donors (Lipinski definition) is 3. The maximum absolute atomic E-state index is 12.5. The molecule has 1 saturated carbocycles. The highest BCUT2D eigenvalue weighted by Crippen LogP contribution is 2.32. The molecule has 0 radical (unpaired) electrons. The Labute approximate surface area is 205 Å². The minimum atomic E-state index is -0.377. The number of anilines is 3. The van der Waals surface area contributed by atoms with Crippen molar-refractivity contribution in [2.45, 2.75) is 63.8 Å². The van der Waals surface area contributed by atoms with Gasteiger partial charge in [0.2, 0.25) is 11.9 Å². The topological polar surface area (TPSA) is 116 Å². The fourth-order valence-electron chi connectivity index (χ4n) is 4.82. The van der Waals surface area contributed by atoms with E-state index >= 15 is 0 Å². The summed E-state index contributed by atoms with van der Waals surface area (Å²) in [6, 6.07) is 8.39. The number of aromatic nitrogens is 3. The van der Waals surface area contributed by atoms with E-state index in [0.29, 0.717) is 23.3 Å². The summed E-state index contributed by atoms with van der Waals surface area (Å²) in [4.78, 5) is 29.1. The molecule has 1 aliphatic heterocycles. The molecule has 1 aliphatic carbocycles. The highest BCUT2D eigenvalue weighted by molar-refractivity contribution is 5.97. The van der Waals surface area contributed by atoms with Crippen molar-refractivity contribution in [1.82, 2.24) is 20.3 Å². The van der Waals surface area contributed by atoms with Gasteiger partial charge in [-0.15, -0.1) is 0 Å². The third-order valence-corrected chi connectivity index (χ3v) is 6.75. The Hall–Kier alpha value is -3.62. The highest BCUT2D eigenvalue weighted by Gasteiger charge is 2.23. The van der Waals surface area contributed by atoms with E-state index in [0.717, 1.165) is 50.5 Å². The van der Waals surface area contributed by atoms with Crippen LogP contribution in [0.4, 0.5) is 17.6 Å². The van der Waals surface area contributed by atoms with Gasteiger partial charge in [-0.3, -0.25) is 4.79 Å². The number of furan rings is 1. The van der Waals surface area contributed by atoms with Gasteiger partial charge in [-0.05, 0) is 56.4 Å². The number of carbonyl (C=O) groups excluding carboxylic acids is 1. The molecule has 1 aromatic carbocycles. The molecule has 3 N–H and O–H groups in total. The molecule has 0 bridgehead atoms. The van der Waals surface area contributed by atoms with E-state index in [-0.39, 0.29) is 23.8 Å². The summed E-state index contributed by atoms with van der Waals surface area (Å²) in [5.74, 6) is 2.54. The maximum atomic E-state index is 12.5. The Morgan fingerprint density at radius 3 is 2.57 bits per heavy atom. The number of amides is 1. The van der Waals surface area contributed by atoms with Gasteiger partial charge in [0.1, 0.15) is 17.3 Å². The van der Waals surface area contributed by atoms with E-state index in [1.807, 2.05) is 0 Å². The number of phenolic OH excluding ortho intramolecular Hbond substituents is 1. The van der Waals surface area contributed by atoms with E-state index in [1.165, 1.54) is 31.7 Å². The first-order valence-electron chi connectivity index (χ1n) is 12.6. The zero-order valence-corrected chi connectivity index (χ0v) is 19.9. The lowest BCUT2D eigenvalue weighted by Crippen LogP contribution is -2.31. The van der Waals surface area contributed by atoms with Crippen molar-refractivity contribution < 1.29 is 14.3 Å². The van der Waals surface area contributed by atoms with Crippen LogP contribution in [0, 0.1) is 0 Å². The molecular weight excluding hydrogens is 444 g/mol. The van der Waals surface area contributed by atoms with Crippen molar-refractivity contribution in [2.75, 3.05) is 23.3 Å². The molecule has 3 heterocycles. The first-order valence-corrected chi connectivity index (χ1v) is 12.6. The number of phenols is 1. The summed E-state index contributed by atoms with van der Waals surface area (Å²) in [7, 11) is 0. The number of benzene rings is 1. The summed E-state index contributed by atoms with van der Waals surface area (Å²) in [6.45, 7) is 2.16. The Kier molecular flexibility index (Phi) is 7.11. The molecule has 5 rings (SSSR count). The third-order valence-electron chi connectivity index (χ3n) is 6.75. The van der Waals surface area contributed by atoms with Gasteiger partial charge in [0.25, 0.3) is 5.91 Å². The molecule has 184 valence electrons. The average molecular weight is 477 g/mol. The van der Waals surface area contributed by atoms with Crippen LogP contribution in [0.2, 0.25) is 0 Å². The Morgan fingerprint density at radius 2 is 1.83 bits per heavy atom. The van der Waals surface area contributed by atoms with Crippen LogP contribution >= 0.6 is 0 Å². The number of aromatic hydroxyl groups is 1. The second kappa shape index (κ2) is 10.8. The molecule has 0 atom stereocenters. The number of nitrogens with one attached hydrogen (secondary N) is 2. The third kappa shape index (κ3) is 5.72. The van der Waals surface area contributed by atoms with Gasteiger partial charge in [0, 0.05) is 30.8 Å². The van der Waals surface area contributed by atoms with Crippen LogP contribution in [0.5, 0.6) is 5.75 Å². The van der Waals surface area contributed by atoms with Crippen molar-refractivity contribution in [2.24, 2.45) is 0 Å². The molecular formula is C26H32N6O3. The summed E-state index contributed by atoms with van der Waals surface area (Å²) in [5, 5.41) is 16.5. The van der Waals surface area contributed by atoms with Crippen LogP contribution in [-0.2, 0) is 6.54 Å². The number of hydrogen-bond acceptors (Lipinski definition) is 8. The lowest BCUT2D eigenvalue weighted by molar-refractivity contribution is 0.0945. The van der Waals surface area contributed by atoms with Crippen LogP contribution < -0.4 is 15.5 Å². The SMILES string of the molecule is O=C(NCc1ccco1)c1ccc(Nc2nc(C3CCCCC3)nc(N3CCCCC3)n2)cc1O. The number of rotatable bonds is 7. The second-order valence-corrected chi connectivity index (χ2v) is 9.32. The fourth-order valence-corrected chi connectivity index (χ4v) is 4.82. The summed E-state index contributed by atoms with van der Waals surface area (Å²) < 4.78 is 5.23. The summed E-state index contributed by atoms with van der Waals surface area (Å²) in [5.41, 5.74) is 0.796. The predicted octanol–water partition coefficient (Wildman–Crippen LogP) is 4.88. The Balaban J connectivity index is 1.34. The quantitative estimate of drug-likeness (QED) is 0.442. The molecule has 2 aliphatic rings. The van der Waals surface area contributed by atoms with Gasteiger partial charge in [-0.25, -0.2) is 0 Å². The molecule has 35 heavy (non-hydrogen) atoms. The lowest BCUT2D eigenvalue weighted by atomic mass is 9.89. The predicted molar refractivity (Wildman–Crippen MR) is 133 cm³/mol. The average Bonchev–Trinajstić information content (AvgIpc) is 3.42. The van der Waals surface area contributed by atoms with Gasteiger partial charge in [-0.2, -0.15) is 15.0 Å². The number of nitrogens with zero attached hydrogens (tertiary/aromatic N) is 4. The fraction of sp³-hybridized carbons (Fsp3) is 0.462. The van der Waals surface area contributed by atoms with Crippen LogP contribution in [0.1, 0.15) is 79.2 Å². The van der Waals surface area contributed by atoms with Crippen molar-refractivity contribution in [3.63, 3.8) is 0 Å². The van der Waals surface area contributed by atoms with E-state index in [1.54, 1.807) is 30.5 Å². The number of piperidine rings is 1. The molecule has 9 heteroatoms. The van der Waals surface area contributed by atoms with Crippen LogP contribution in [0.25, 0.3) is 0 Å². The molecule has 2 fully saturated rings. The van der Waals surface area contributed by atoms with Crippen LogP contribution in [-0.4, -0.2) is 39.1 Å². The van der Waals surface area contributed by atoms with E-state index < -0.39 is 0 Å². The monoisotopic (exact) mass is 476 g/mol. The zero-order valence-electron chi connectivity index (χ0n) is 19.9. The van der Waals surface area contributed by atoms with Crippen molar-refractivity contribution in [1.29, 1.82) is 0 Å². The van der Waals surface area contributed by atoms with Crippen LogP contribution in [0.15, 0.2) is 41.0 Å². The van der Waals surface area contributed by atoms with Gasteiger partial charge in [-0.1, -0.05) is 19.3 Å². The second-order valence-electron chi connectivity index (χ2n) is 9.32. The zero-order chi connectivity index (χ0) is 24.0. The van der Waals surface area contributed by atoms with Gasteiger partial charge < -0.3 is 25.1 Å². The Morgan fingerprint density at radius 1 is 1.03 bits per heavy atom. The largest absolute Gasteiger partial charge is 0.507 e. The molecule has 0 spiro atoms. The lowest BCUT2D eigenvalue weighted by Gasteiger charge is -2.28. The molecule has 9 nitrogen and oxygen atoms in total. The van der Waals surface area contributed by atoms with Crippen LogP contribution in [0.3, 0.4) is 0 Å². The smallest absolute Gasteiger partial charge is 0.255 e. The first kappa shape index (κ1) is 23.1. The van der Waals surface area contributed by atoms with E-state index in [4.69, 9.17) is 19.4 Å². The van der Waals surface area contributed by atoms with Crippen molar-refractivity contribution in [3.8, 4) is 5.75 Å². The van der Waals surface area contributed by atoms with E-state index in [9.17, 15) is 9.90 Å². The molecule has 2 aromatic heterocycles. The standard InChI is InChI=1S/C26H32N6O3/c33-22-16-19(11-12-21(22)24(34)27-17-20-10-7-15-35-20)28-25-29-23(18-8-3-1-4-9-18)30-26(31-25)32-13-5-2-6-14-32/h7,10-12,15-16,18,33H,1-6,8-9,13-14,17H2,(H,27,34)(H,28,29,30,31). The molecule has 3 aromatic rings. The summed E-state index contributed by atoms with van der Waals surface area (Å²) in [6.07, 6.45) is 11.0. The van der Waals surface area contributed by atoms with Gasteiger partial charge in [0.05, 0.1) is 18.4 Å².